The Morgan fingerprint density at radius 2 is 1.00 bits per heavy atom. The predicted octanol–water partition coefficient (Wildman–Crippen LogP) is -1.24. The second-order valence-corrected chi connectivity index (χ2v) is 13.9. The smallest absolute Gasteiger partial charge is 0.327 e. The van der Waals surface area contributed by atoms with Gasteiger partial charge in [0.05, 0.1) is 12.8 Å². The van der Waals surface area contributed by atoms with Gasteiger partial charge in [0.15, 0.2) is 0 Å². The Morgan fingerprint density at radius 1 is 0.574 bits per heavy atom. The minimum atomic E-state index is -1.86. The minimum absolute atomic E-state index is 0.00339. The van der Waals surface area contributed by atoms with E-state index in [1.807, 2.05) is 0 Å². The van der Waals surface area contributed by atoms with E-state index in [9.17, 15) is 63.3 Å². The Labute approximate surface area is 317 Å². The molecule has 0 aromatic heterocycles. The highest BCUT2D eigenvalue weighted by molar-refractivity contribution is 7.80. The maximum absolute atomic E-state index is 13.7. The van der Waals surface area contributed by atoms with Crippen molar-refractivity contribution < 1.29 is 68.4 Å². The molecule has 1 fully saturated rings. The van der Waals surface area contributed by atoms with E-state index in [0.29, 0.717) is 0 Å². The van der Waals surface area contributed by atoms with Crippen LogP contribution in [0.2, 0.25) is 0 Å². The standard InChI is InChI=1S/C33H52N6O14S/c1-16(2)11-20(36-32(51)23(14-27(45)46)38-31(50)22(13-26(43)44)34-17(3)40)29(48)35-19(9-10-25(41)42)28(47)37-21(12-18-7-5-4-6-8-18)30(49)39-24(15-54)33(52)53/h16,18-24,54H,4-15H2,1-3H3,(H,34,40)(H,35,48)(H,36,51)(H,37,47)(H,38,50)(H,39,49)(H,41,42)(H,43,44)(H,45,46)(H,52,53)/t19-,20-,21-,22-,23+,24-/m0/s1. The van der Waals surface area contributed by atoms with Crippen LogP contribution in [0.15, 0.2) is 0 Å². The van der Waals surface area contributed by atoms with Crippen molar-refractivity contribution in [3.63, 3.8) is 0 Å². The number of amides is 6. The summed E-state index contributed by atoms with van der Waals surface area (Å²) in [6, 6.07) is -9.24. The predicted molar refractivity (Wildman–Crippen MR) is 191 cm³/mol. The summed E-state index contributed by atoms with van der Waals surface area (Å²) in [5.41, 5.74) is 0. The Balaban J connectivity index is 3.35. The van der Waals surface area contributed by atoms with Gasteiger partial charge in [0.2, 0.25) is 35.4 Å². The first-order valence-electron chi connectivity index (χ1n) is 17.5. The van der Waals surface area contributed by atoms with Crippen molar-refractivity contribution >= 4 is 71.9 Å². The number of carboxylic acids is 4. The van der Waals surface area contributed by atoms with Crippen LogP contribution in [-0.2, 0) is 47.9 Å². The summed E-state index contributed by atoms with van der Waals surface area (Å²) < 4.78 is 0. The van der Waals surface area contributed by atoms with Crippen LogP contribution in [0.1, 0.15) is 91.4 Å². The molecule has 0 spiro atoms. The second kappa shape index (κ2) is 23.7. The van der Waals surface area contributed by atoms with Crippen LogP contribution < -0.4 is 31.9 Å². The van der Waals surface area contributed by atoms with E-state index in [-0.39, 0.29) is 30.4 Å². The van der Waals surface area contributed by atoms with Crippen LogP contribution in [-0.4, -0.2) is 122 Å². The molecule has 1 aliphatic rings. The van der Waals surface area contributed by atoms with E-state index in [1.165, 1.54) is 0 Å². The Morgan fingerprint density at radius 3 is 1.46 bits per heavy atom. The molecule has 6 amide bonds. The summed E-state index contributed by atoms with van der Waals surface area (Å²) >= 11 is 3.96. The van der Waals surface area contributed by atoms with Gasteiger partial charge in [-0.2, -0.15) is 12.6 Å². The number of thiol groups is 1. The SMILES string of the molecule is CC(=O)N[C@@H](CC(=O)O)C(=O)N[C@H](CC(=O)O)C(=O)N[C@@H](CC(C)C)C(=O)N[C@@H](CCC(=O)O)C(=O)N[C@@H](CC1CCCCC1)C(=O)N[C@@H](CS)C(=O)O. The van der Waals surface area contributed by atoms with Crippen LogP contribution in [0.5, 0.6) is 0 Å². The van der Waals surface area contributed by atoms with Gasteiger partial charge in [-0.15, -0.1) is 0 Å². The number of rotatable bonds is 24. The Hall–Kier alpha value is -4.95. The summed E-state index contributed by atoms with van der Waals surface area (Å²) in [5.74, 6) is -12.2. The molecule has 0 saturated heterocycles. The van der Waals surface area contributed by atoms with Crippen LogP contribution >= 0.6 is 12.6 Å². The average molecular weight is 789 g/mol. The van der Waals surface area contributed by atoms with Gasteiger partial charge in [0.1, 0.15) is 36.3 Å². The maximum atomic E-state index is 13.7. The number of carboxylic acid groups (broad SMARTS) is 4. The largest absolute Gasteiger partial charge is 0.481 e. The molecule has 1 rings (SSSR count). The quantitative estimate of drug-likeness (QED) is 0.0510. The lowest BCUT2D eigenvalue weighted by molar-refractivity contribution is -0.143. The molecule has 1 saturated carbocycles. The molecule has 0 aromatic rings. The number of hydrogen-bond donors (Lipinski definition) is 11. The van der Waals surface area contributed by atoms with E-state index in [2.05, 4.69) is 44.5 Å². The third kappa shape index (κ3) is 18.2. The molecule has 304 valence electrons. The third-order valence-electron chi connectivity index (χ3n) is 8.43. The zero-order valence-electron chi connectivity index (χ0n) is 30.4. The highest BCUT2D eigenvalue weighted by Gasteiger charge is 2.35. The van der Waals surface area contributed by atoms with Crippen molar-refractivity contribution in [1.29, 1.82) is 0 Å². The highest BCUT2D eigenvalue weighted by atomic mass is 32.1. The number of hydrogen-bond acceptors (Lipinski definition) is 11. The molecule has 0 unspecified atom stereocenters. The van der Waals surface area contributed by atoms with Crippen molar-refractivity contribution in [3.8, 4) is 0 Å². The highest BCUT2D eigenvalue weighted by Crippen LogP contribution is 2.27. The topological polar surface area (TPSA) is 324 Å². The van der Waals surface area contributed by atoms with E-state index in [1.54, 1.807) is 13.8 Å². The van der Waals surface area contributed by atoms with Crippen LogP contribution in [0, 0.1) is 11.8 Å². The van der Waals surface area contributed by atoms with Gasteiger partial charge < -0.3 is 52.3 Å². The summed E-state index contributed by atoms with van der Waals surface area (Å²) in [6.07, 6.45) is 1.30. The molecule has 21 heteroatoms. The molecular weight excluding hydrogens is 736 g/mol. The van der Waals surface area contributed by atoms with Crippen LogP contribution in [0.3, 0.4) is 0 Å². The summed E-state index contributed by atoms with van der Waals surface area (Å²) in [6.45, 7) is 4.35. The zero-order chi connectivity index (χ0) is 41.1. The number of carbonyl (C=O) groups excluding carboxylic acids is 6. The van der Waals surface area contributed by atoms with Crippen LogP contribution in [0.25, 0.3) is 0 Å². The fourth-order valence-electron chi connectivity index (χ4n) is 5.79. The van der Waals surface area contributed by atoms with Crippen molar-refractivity contribution in [2.75, 3.05) is 5.75 Å². The van der Waals surface area contributed by atoms with Gasteiger partial charge >= 0.3 is 23.9 Å². The molecule has 0 aromatic carbocycles. The van der Waals surface area contributed by atoms with Gasteiger partial charge in [0, 0.05) is 19.1 Å². The molecule has 0 bridgehead atoms. The maximum Gasteiger partial charge on any atom is 0.327 e. The van der Waals surface area contributed by atoms with Crippen LogP contribution in [0.4, 0.5) is 0 Å². The molecule has 1 aliphatic carbocycles. The Kier molecular flexibility index (Phi) is 20.6. The lowest BCUT2D eigenvalue weighted by Gasteiger charge is -2.29. The van der Waals surface area contributed by atoms with Gasteiger partial charge in [-0.05, 0) is 31.1 Å². The normalized spacial score (nSPS) is 16.2. The fourth-order valence-corrected chi connectivity index (χ4v) is 6.03. The van der Waals surface area contributed by atoms with Crippen molar-refractivity contribution in [2.24, 2.45) is 11.8 Å². The lowest BCUT2D eigenvalue weighted by Crippen LogP contribution is -2.60. The number of nitrogens with one attached hydrogen (secondary N) is 6. The van der Waals surface area contributed by atoms with E-state index < -0.39 is 121 Å². The molecule has 6 atom stereocenters. The van der Waals surface area contributed by atoms with E-state index >= 15 is 0 Å². The molecule has 0 radical (unpaired) electrons. The average Bonchev–Trinajstić information content (AvgIpc) is 3.06. The van der Waals surface area contributed by atoms with Gasteiger partial charge in [-0.25, -0.2) is 4.79 Å². The third-order valence-corrected chi connectivity index (χ3v) is 8.79. The molecule has 20 nitrogen and oxygen atoms in total. The lowest BCUT2D eigenvalue weighted by atomic mass is 9.84. The number of aliphatic carboxylic acids is 4. The van der Waals surface area contributed by atoms with E-state index in [4.69, 9.17) is 5.11 Å². The molecule has 54 heavy (non-hydrogen) atoms. The fraction of sp³-hybridized carbons (Fsp3) is 0.697. The molecule has 0 aliphatic heterocycles. The van der Waals surface area contributed by atoms with Gasteiger partial charge in [-0.3, -0.25) is 43.2 Å². The Bertz CT molecular complexity index is 1370. The zero-order valence-corrected chi connectivity index (χ0v) is 31.3. The summed E-state index contributed by atoms with van der Waals surface area (Å²) in [7, 11) is 0. The summed E-state index contributed by atoms with van der Waals surface area (Å²) in [4.78, 5) is 124. The molecule has 10 N–H and O–H groups in total. The first-order chi connectivity index (χ1) is 25.2. The van der Waals surface area contributed by atoms with Gasteiger partial charge in [-0.1, -0.05) is 46.0 Å². The monoisotopic (exact) mass is 788 g/mol. The van der Waals surface area contributed by atoms with E-state index in [0.717, 1.165) is 39.0 Å². The first-order valence-corrected chi connectivity index (χ1v) is 18.1. The van der Waals surface area contributed by atoms with Crippen molar-refractivity contribution in [3.05, 3.63) is 0 Å². The minimum Gasteiger partial charge on any atom is -0.481 e. The van der Waals surface area contributed by atoms with Crippen molar-refractivity contribution in [1.82, 2.24) is 31.9 Å². The molecular formula is C33H52N6O14S. The first kappa shape index (κ1) is 47.1. The molecule has 0 heterocycles. The summed E-state index contributed by atoms with van der Waals surface area (Å²) in [5, 5.41) is 51.1. The van der Waals surface area contributed by atoms with Gasteiger partial charge in [0.25, 0.3) is 0 Å². The number of carbonyl (C=O) groups is 10. The van der Waals surface area contributed by atoms with Crippen molar-refractivity contribution in [2.45, 2.75) is 128 Å². The second-order valence-electron chi connectivity index (χ2n) is 13.6.